The lowest BCUT2D eigenvalue weighted by atomic mass is 10.1. The van der Waals surface area contributed by atoms with Gasteiger partial charge >= 0.3 is 0 Å². The van der Waals surface area contributed by atoms with Gasteiger partial charge in [0.2, 0.25) is 0 Å². The first kappa shape index (κ1) is 14.0. The second kappa shape index (κ2) is 5.82. The van der Waals surface area contributed by atoms with Crippen molar-refractivity contribution in [2.24, 2.45) is 0 Å². The average Bonchev–Trinajstić information content (AvgIpc) is 3.29. The van der Waals surface area contributed by atoms with E-state index in [9.17, 15) is 8.78 Å². The molecule has 3 rings (SSSR count). The summed E-state index contributed by atoms with van der Waals surface area (Å²) in [7, 11) is 1.67. The highest BCUT2D eigenvalue weighted by molar-refractivity contribution is 5.63. The summed E-state index contributed by atoms with van der Waals surface area (Å²) in [6.45, 7) is 0.672. The van der Waals surface area contributed by atoms with E-state index in [1.54, 1.807) is 31.3 Å². The van der Waals surface area contributed by atoms with Crippen LogP contribution >= 0.6 is 0 Å². The second-order valence-electron chi connectivity index (χ2n) is 5.45. The summed E-state index contributed by atoms with van der Waals surface area (Å²) in [6.07, 6.45) is 2.41. The first-order valence-electron chi connectivity index (χ1n) is 7.15. The lowest BCUT2D eigenvalue weighted by molar-refractivity contribution is 0.613. The van der Waals surface area contributed by atoms with E-state index in [-0.39, 0.29) is 11.6 Å². The van der Waals surface area contributed by atoms with Crippen molar-refractivity contribution in [1.29, 1.82) is 0 Å². The maximum atomic E-state index is 14.3. The van der Waals surface area contributed by atoms with Gasteiger partial charge in [0.1, 0.15) is 11.6 Å². The lowest BCUT2D eigenvalue weighted by Gasteiger charge is -2.21. The molecule has 2 nitrogen and oxygen atoms in total. The van der Waals surface area contributed by atoms with Gasteiger partial charge in [0, 0.05) is 19.6 Å². The quantitative estimate of drug-likeness (QED) is 0.895. The predicted molar refractivity (Wildman–Crippen MR) is 80.7 cm³/mol. The number of rotatable bonds is 5. The minimum atomic E-state index is -0.362. The average molecular weight is 288 g/mol. The van der Waals surface area contributed by atoms with E-state index in [0.717, 1.165) is 5.56 Å². The van der Waals surface area contributed by atoms with Crippen molar-refractivity contribution in [3.8, 4) is 0 Å². The highest BCUT2D eigenvalue weighted by Crippen LogP contribution is 2.29. The SMILES string of the molecule is CN(c1ccccc1F)c1ccc(CNC2CC2)cc1F. The minimum Gasteiger partial charge on any atom is -0.340 e. The fourth-order valence-electron chi connectivity index (χ4n) is 2.34. The number of benzene rings is 2. The molecule has 2 aromatic carbocycles. The van der Waals surface area contributed by atoms with E-state index in [4.69, 9.17) is 0 Å². The molecule has 1 aliphatic carbocycles. The standard InChI is InChI=1S/C17H18F2N2/c1-21(16-5-3-2-4-14(16)18)17-9-6-12(10-15(17)19)11-20-13-7-8-13/h2-6,9-10,13,20H,7-8,11H2,1H3. The summed E-state index contributed by atoms with van der Waals surface area (Å²) in [5.74, 6) is -0.699. The van der Waals surface area contributed by atoms with Crippen LogP contribution in [0, 0.1) is 11.6 Å². The molecule has 0 spiro atoms. The zero-order valence-corrected chi connectivity index (χ0v) is 11.9. The van der Waals surface area contributed by atoms with Gasteiger partial charge in [-0.3, -0.25) is 0 Å². The molecule has 0 aliphatic heterocycles. The van der Waals surface area contributed by atoms with Gasteiger partial charge in [-0.15, -0.1) is 0 Å². The summed E-state index contributed by atoms with van der Waals surface area (Å²) >= 11 is 0. The van der Waals surface area contributed by atoms with Crippen LogP contribution < -0.4 is 10.2 Å². The van der Waals surface area contributed by atoms with Crippen molar-refractivity contribution < 1.29 is 8.78 Å². The molecule has 1 fully saturated rings. The number of nitrogens with one attached hydrogen (secondary N) is 1. The molecule has 0 unspecified atom stereocenters. The molecule has 0 saturated heterocycles. The summed E-state index contributed by atoms with van der Waals surface area (Å²) in [6, 6.07) is 12.1. The Labute approximate surface area is 123 Å². The maximum absolute atomic E-state index is 14.3. The van der Waals surface area contributed by atoms with Crippen LogP contribution in [0.5, 0.6) is 0 Å². The van der Waals surface area contributed by atoms with E-state index >= 15 is 0 Å². The van der Waals surface area contributed by atoms with E-state index < -0.39 is 0 Å². The molecule has 4 heteroatoms. The normalized spacial score (nSPS) is 14.2. The Hall–Kier alpha value is -1.94. The molecule has 110 valence electrons. The predicted octanol–water partition coefficient (Wildman–Crippen LogP) is 3.98. The van der Waals surface area contributed by atoms with E-state index in [1.807, 2.05) is 6.07 Å². The molecule has 1 saturated carbocycles. The molecule has 0 bridgehead atoms. The molecule has 0 heterocycles. The van der Waals surface area contributed by atoms with Crippen molar-refractivity contribution >= 4 is 11.4 Å². The fourth-order valence-corrected chi connectivity index (χ4v) is 2.34. The molecular weight excluding hydrogens is 270 g/mol. The largest absolute Gasteiger partial charge is 0.340 e. The van der Waals surface area contributed by atoms with Crippen LogP contribution in [0.3, 0.4) is 0 Å². The lowest BCUT2D eigenvalue weighted by Crippen LogP contribution is -2.16. The first-order valence-corrected chi connectivity index (χ1v) is 7.15. The molecule has 0 atom stereocenters. The van der Waals surface area contributed by atoms with Crippen LogP contribution in [0.15, 0.2) is 42.5 Å². The number of hydrogen-bond acceptors (Lipinski definition) is 2. The third-order valence-corrected chi connectivity index (χ3v) is 3.76. The third-order valence-electron chi connectivity index (χ3n) is 3.76. The van der Waals surface area contributed by atoms with Gasteiger partial charge in [-0.25, -0.2) is 8.78 Å². The van der Waals surface area contributed by atoms with Crippen LogP contribution in [-0.4, -0.2) is 13.1 Å². The fraction of sp³-hybridized carbons (Fsp3) is 0.294. The van der Waals surface area contributed by atoms with Crippen LogP contribution in [0.2, 0.25) is 0 Å². The van der Waals surface area contributed by atoms with Crippen molar-refractivity contribution in [1.82, 2.24) is 5.32 Å². The Balaban J connectivity index is 1.79. The van der Waals surface area contributed by atoms with Gasteiger partial charge in [-0.2, -0.15) is 0 Å². The van der Waals surface area contributed by atoms with Crippen molar-refractivity contribution in [3.05, 3.63) is 59.7 Å². The van der Waals surface area contributed by atoms with Crippen molar-refractivity contribution in [2.75, 3.05) is 11.9 Å². The molecule has 1 N–H and O–H groups in total. The number of halogens is 2. The van der Waals surface area contributed by atoms with Crippen LogP contribution in [0.25, 0.3) is 0 Å². The highest BCUT2D eigenvalue weighted by Gasteiger charge is 2.20. The molecule has 1 aliphatic rings. The summed E-state index contributed by atoms with van der Waals surface area (Å²) in [5.41, 5.74) is 1.64. The highest BCUT2D eigenvalue weighted by atomic mass is 19.1. The topological polar surface area (TPSA) is 15.3 Å². The second-order valence-corrected chi connectivity index (χ2v) is 5.45. The van der Waals surface area contributed by atoms with Crippen molar-refractivity contribution in [3.63, 3.8) is 0 Å². The molecular formula is C17H18F2N2. The zero-order chi connectivity index (χ0) is 14.8. The van der Waals surface area contributed by atoms with Gasteiger partial charge in [0.15, 0.2) is 0 Å². The number of nitrogens with zero attached hydrogens (tertiary/aromatic N) is 1. The maximum Gasteiger partial charge on any atom is 0.147 e. The van der Waals surface area contributed by atoms with Gasteiger partial charge in [-0.1, -0.05) is 18.2 Å². The summed E-state index contributed by atoms with van der Waals surface area (Å²) in [4.78, 5) is 1.53. The van der Waals surface area contributed by atoms with Gasteiger partial charge in [-0.05, 0) is 42.7 Å². The van der Waals surface area contributed by atoms with Crippen LogP contribution in [-0.2, 0) is 6.54 Å². The molecule has 2 aromatic rings. The molecule has 0 aromatic heterocycles. The minimum absolute atomic E-state index is 0.337. The van der Waals surface area contributed by atoms with E-state index in [0.29, 0.717) is 24.0 Å². The Morgan fingerprint density at radius 3 is 2.43 bits per heavy atom. The zero-order valence-electron chi connectivity index (χ0n) is 11.9. The van der Waals surface area contributed by atoms with Crippen LogP contribution in [0.4, 0.5) is 20.2 Å². The van der Waals surface area contributed by atoms with Crippen molar-refractivity contribution in [2.45, 2.75) is 25.4 Å². The number of hydrogen-bond donors (Lipinski definition) is 1. The van der Waals surface area contributed by atoms with Crippen LogP contribution in [0.1, 0.15) is 18.4 Å². The molecule has 0 amide bonds. The van der Waals surface area contributed by atoms with E-state index in [2.05, 4.69) is 5.32 Å². The Morgan fingerprint density at radius 2 is 1.76 bits per heavy atom. The molecule has 0 radical (unpaired) electrons. The first-order chi connectivity index (χ1) is 10.1. The third kappa shape index (κ3) is 3.22. The monoisotopic (exact) mass is 288 g/mol. The smallest absolute Gasteiger partial charge is 0.147 e. The van der Waals surface area contributed by atoms with E-state index in [1.165, 1.54) is 29.9 Å². The Morgan fingerprint density at radius 1 is 1.05 bits per heavy atom. The number of para-hydroxylation sites is 1. The Kier molecular flexibility index (Phi) is 3.88. The summed E-state index contributed by atoms with van der Waals surface area (Å²) < 4.78 is 28.0. The van der Waals surface area contributed by atoms with Gasteiger partial charge < -0.3 is 10.2 Å². The molecule has 21 heavy (non-hydrogen) atoms. The summed E-state index contributed by atoms with van der Waals surface area (Å²) in [5, 5.41) is 3.35. The van der Waals surface area contributed by atoms with Gasteiger partial charge in [0.05, 0.1) is 11.4 Å². The number of anilines is 2. The van der Waals surface area contributed by atoms with Gasteiger partial charge in [0.25, 0.3) is 0 Å². The Bertz CT molecular complexity index is 638.